The molecule has 1 N–H and O–H groups in total. The molecule has 2 nitrogen and oxygen atoms in total. The van der Waals surface area contributed by atoms with E-state index in [1.165, 1.54) is 7.11 Å². The molecule has 0 atom stereocenters. The van der Waals surface area contributed by atoms with Crippen molar-refractivity contribution >= 4 is 15.9 Å². The number of ether oxygens (including phenoxy) is 1. The Morgan fingerprint density at radius 1 is 1.47 bits per heavy atom. The largest absolute Gasteiger partial charge is 0.493 e. The Labute approximate surface area is 94.0 Å². The van der Waals surface area contributed by atoms with Gasteiger partial charge in [-0.25, -0.2) is 8.78 Å². The van der Waals surface area contributed by atoms with Gasteiger partial charge in [0.25, 0.3) is 0 Å². The molecule has 0 unspecified atom stereocenters. The van der Waals surface area contributed by atoms with Crippen LogP contribution in [-0.2, 0) is 5.60 Å². The molecule has 0 heterocycles. The molecule has 5 heteroatoms. The Morgan fingerprint density at radius 3 is 2.53 bits per heavy atom. The fourth-order valence-corrected chi connectivity index (χ4v) is 1.81. The summed E-state index contributed by atoms with van der Waals surface area (Å²) in [5.41, 5.74) is -0.934. The van der Waals surface area contributed by atoms with E-state index in [9.17, 15) is 13.9 Å². The third-order valence-electron chi connectivity index (χ3n) is 2.55. The minimum atomic E-state index is -1.12. The predicted octanol–water partition coefficient (Wildman–Crippen LogP) is 2.72. The molecule has 15 heavy (non-hydrogen) atoms. The molecule has 1 aromatic carbocycles. The molecule has 0 bridgehead atoms. The number of aliphatic hydroxyl groups is 1. The van der Waals surface area contributed by atoms with Crippen LogP contribution in [0.25, 0.3) is 0 Å². The zero-order valence-electron chi connectivity index (χ0n) is 7.98. The highest BCUT2D eigenvalue weighted by atomic mass is 79.9. The highest BCUT2D eigenvalue weighted by Gasteiger charge is 2.45. The standard InChI is InChI=1S/C10H9BrF2O2/c1-15-9-5(10(14)2-3-10)4-6(12)7(11)8(9)13/h4,14H,2-3H2,1H3. The zero-order chi connectivity index (χ0) is 11.2. The van der Waals surface area contributed by atoms with Gasteiger partial charge < -0.3 is 9.84 Å². The van der Waals surface area contributed by atoms with Gasteiger partial charge in [-0.3, -0.25) is 0 Å². The molecule has 2 rings (SSSR count). The van der Waals surface area contributed by atoms with Crippen molar-refractivity contribution in [1.82, 2.24) is 0 Å². The van der Waals surface area contributed by atoms with Crippen molar-refractivity contribution in [3.8, 4) is 5.75 Å². The third kappa shape index (κ3) is 1.63. The minimum Gasteiger partial charge on any atom is -0.493 e. The highest BCUT2D eigenvalue weighted by molar-refractivity contribution is 9.10. The molecule has 82 valence electrons. The number of methoxy groups -OCH3 is 1. The maximum Gasteiger partial charge on any atom is 0.182 e. The van der Waals surface area contributed by atoms with Crippen LogP contribution in [0, 0.1) is 11.6 Å². The molecule has 0 saturated heterocycles. The number of rotatable bonds is 2. The lowest BCUT2D eigenvalue weighted by Gasteiger charge is -2.15. The summed E-state index contributed by atoms with van der Waals surface area (Å²) in [6, 6.07) is 1.11. The molecular formula is C10H9BrF2O2. The van der Waals surface area contributed by atoms with Gasteiger partial charge in [0.2, 0.25) is 0 Å². The van der Waals surface area contributed by atoms with E-state index < -0.39 is 17.2 Å². The molecule has 1 aromatic rings. The van der Waals surface area contributed by atoms with Crippen LogP contribution in [0.1, 0.15) is 18.4 Å². The van der Waals surface area contributed by atoms with Crippen LogP contribution in [0.5, 0.6) is 5.75 Å². The van der Waals surface area contributed by atoms with E-state index in [-0.39, 0.29) is 15.8 Å². The monoisotopic (exact) mass is 278 g/mol. The second-order valence-corrected chi connectivity index (χ2v) is 4.39. The van der Waals surface area contributed by atoms with Crippen LogP contribution in [-0.4, -0.2) is 12.2 Å². The molecule has 1 aliphatic rings. The molecule has 0 aliphatic heterocycles. The van der Waals surface area contributed by atoms with Crippen molar-refractivity contribution in [1.29, 1.82) is 0 Å². The van der Waals surface area contributed by atoms with Gasteiger partial charge in [-0.2, -0.15) is 0 Å². The summed E-state index contributed by atoms with van der Waals surface area (Å²) in [6.07, 6.45) is 1.01. The SMILES string of the molecule is COc1c(C2(O)CC2)cc(F)c(Br)c1F. The number of benzene rings is 1. The van der Waals surface area contributed by atoms with Crippen molar-refractivity contribution in [3.63, 3.8) is 0 Å². The quantitative estimate of drug-likeness (QED) is 0.843. The molecule has 0 spiro atoms. The Hall–Kier alpha value is -0.680. The van der Waals surface area contributed by atoms with Crippen LogP contribution >= 0.6 is 15.9 Å². The first-order chi connectivity index (χ1) is 6.99. The summed E-state index contributed by atoms with van der Waals surface area (Å²) >= 11 is 2.78. The Kier molecular flexibility index (Phi) is 2.47. The number of halogens is 3. The van der Waals surface area contributed by atoms with Crippen molar-refractivity contribution in [2.24, 2.45) is 0 Å². The molecule has 1 aliphatic carbocycles. The molecule has 0 radical (unpaired) electrons. The van der Waals surface area contributed by atoms with E-state index >= 15 is 0 Å². The van der Waals surface area contributed by atoms with Gasteiger partial charge >= 0.3 is 0 Å². The lowest BCUT2D eigenvalue weighted by atomic mass is 10.1. The molecule has 0 aromatic heterocycles. The maximum atomic E-state index is 13.6. The summed E-state index contributed by atoms with van der Waals surface area (Å²) < 4.78 is 31.4. The summed E-state index contributed by atoms with van der Waals surface area (Å²) in [7, 11) is 1.29. The van der Waals surface area contributed by atoms with Crippen molar-refractivity contribution in [3.05, 3.63) is 27.7 Å². The Bertz CT molecular complexity index is 416. The van der Waals surface area contributed by atoms with Crippen LogP contribution in [0.3, 0.4) is 0 Å². The average Bonchev–Trinajstić information content (AvgIpc) is 2.94. The van der Waals surface area contributed by atoms with E-state index in [2.05, 4.69) is 15.9 Å². The highest BCUT2D eigenvalue weighted by Crippen LogP contribution is 2.50. The summed E-state index contributed by atoms with van der Waals surface area (Å²) in [4.78, 5) is 0. The van der Waals surface area contributed by atoms with E-state index in [4.69, 9.17) is 4.74 Å². The lowest BCUT2D eigenvalue weighted by Crippen LogP contribution is -2.09. The fraction of sp³-hybridized carbons (Fsp3) is 0.400. The smallest absolute Gasteiger partial charge is 0.182 e. The van der Waals surface area contributed by atoms with Gasteiger partial charge in [0.05, 0.1) is 17.2 Å². The van der Waals surface area contributed by atoms with Gasteiger partial charge in [0.15, 0.2) is 11.6 Å². The fourth-order valence-electron chi connectivity index (χ4n) is 1.51. The van der Waals surface area contributed by atoms with Crippen molar-refractivity contribution in [2.75, 3.05) is 7.11 Å². The number of hydrogen-bond donors (Lipinski definition) is 1. The van der Waals surface area contributed by atoms with E-state index in [1.54, 1.807) is 0 Å². The Balaban J connectivity index is 2.63. The average molecular weight is 279 g/mol. The van der Waals surface area contributed by atoms with Crippen LogP contribution in [0.15, 0.2) is 10.5 Å². The van der Waals surface area contributed by atoms with E-state index in [0.717, 1.165) is 6.07 Å². The summed E-state index contributed by atoms with van der Waals surface area (Å²) in [6.45, 7) is 0. The molecule has 0 amide bonds. The van der Waals surface area contributed by atoms with Gasteiger partial charge in [0.1, 0.15) is 5.82 Å². The van der Waals surface area contributed by atoms with Gasteiger partial charge in [0, 0.05) is 5.56 Å². The lowest BCUT2D eigenvalue weighted by molar-refractivity contribution is 0.145. The maximum absolute atomic E-state index is 13.6. The topological polar surface area (TPSA) is 29.5 Å². The van der Waals surface area contributed by atoms with E-state index in [0.29, 0.717) is 12.8 Å². The second-order valence-electron chi connectivity index (χ2n) is 3.60. The molecular weight excluding hydrogens is 270 g/mol. The number of hydrogen-bond acceptors (Lipinski definition) is 2. The van der Waals surface area contributed by atoms with Crippen LogP contribution < -0.4 is 4.74 Å². The summed E-state index contributed by atoms with van der Waals surface area (Å²) in [5.74, 6) is -1.64. The van der Waals surface area contributed by atoms with E-state index in [1.807, 2.05) is 0 Å². The second kappa shape index (κ2) is 3.42. The van der Waals surface area contributed by atoms with Gasteiger partial charge in [-0.1, -0.05) is 0 Å². The first-order valence-corrected chi connectivity index (χ1v) is 5.23. The Morgan fingerprint density at radius 2 is 2.07 bits per heavy atom. The first kappa shape index (κ1) is 10.8. The molecule has 1 saturated carbocycles. The normalized spacial score (nSPS) is 17.7. The van der Waals surface area contributed by atoms with Gasteiger partial charge in [-0.15, -0.1) is 0 Å². The third-order valence-corrected chi connectivity index (χ3v) is 3.27. The van der Waals surface area contributed by atoms with Crippen molar-refractivity contribution < 1.29 is 18.6 Å². The van der Waals surface area contributed by atoms with Crippen LogP contribution in [0.4, 0.5) is 8.78 Å². The zero-order valence-corrected chi connectivity index (χ0v) is 9.57. The molecule has 1 fully saturated rings. The van der Waals surface area contributed by atoms with Gasteiger partial charge in [-0.05, 0) is 34.8 Å². The first-order valence-electron chi connectivity index (χ1n) is 4.44. The van der Waals surface area contributed by atoms with Crippen LogP contribution in [0.2, 0.25) is 0 Å². The predicted molar refractivity (Wildman–Crippen MR) is 53.7 cm³/mol. The van der Waals surface area contributed by atoms with Crippen molar-refractivity contribution in [2.45, 2.75) is 18.4 Å². The minimum absolute atomic E-state index is 0.0942. The summed E-state index contributed by atoms with van der Waals surface area (Å²) in [5, 5.41) is 9.82.